The highest BCUT2D eigenvalue weighted by molar-refractivity contribution is 6.05. The number of aromatic nitrogens is 1. The van der Waals surface area contributed by atoms with E-state index in [0.717, 1.165) is 23.9 Å². The van der Waals surface area contributed by atoms with Gasteiger partial charge in [-0.3, -0.25) is 0 Å². The maximum atomic E-state index is 11.6. The Bertz CT molecular complexity index is 871. The smallest absolute Gasteiger partial charge is 0.337 e. The zero-order chi connectivity index (χ0) is 17.8. The predicted octanol–water partition coefficient (Wildman–Crippen LogP) is 3.62. The Balaban J connectivity index is 2.21. The van der Waals surface area contributed by atoms with Gasteiger partial charge in [-0.05, 0) is 43.3 Å². The van der Waals surface area contributed by atoms with E-state index in [4.69, 9.17) is 4.74 Å². The average Bonchev–Trinajstić information content (AvgIpc) is 3.07. The molecular weight excluding hydrogens is 316 g/mol. The van der Waals surface area contributed by atoms with Crippen molar-refractivity contribution in [3.63, 3.8) is 0 Å². The number of hydrogen-bond acceptors (Lipinski definition) is 3. The second-order valence-electron chi connectivity index (χ2n) is 5.97. The largest absolute Gasteiger partial charge is 0.496 e. The maximum absolute atomic E-state index is 11.6. The van der Waals surface area contributed by atoms with Crippen molar-refractivity contribution >= 4 is 16.9 Å². The molecular formula is C20H22N2O3. The number of hydrogen-bond donors (Lipinski definition) is 3. The van der Waals surface area contributed by atoms with Crippen molar-refractivity contribution in [1.29, 1.82) is 0 Å². The van der Waals surface area contributed by atoms with Crippen molar-refractivity contribution in [2.24, 2.45) is 0 Å². The van der Waals surface area contributed by atoms with Gasteiger partial charge in [0.1, 0.15) is 5.75 Å². The summed E-state index contributed by atoms with van der Waals surface area (Å²) in [7, 11) is 3.54. The molecule has 2 aromatic carbocycles. The fourth-order valence-electron chi connectivity index (χ4n) is 3.34. The molecule has 1 unspecified atom stereocenters. The standard InChI is InChI=1S/C20H22N2O3/c1-21-11-10-14(13-6-4-3-5-7-13)16-12-22-19-15(20(23)24)8-9-17(25-2)18(16)19/h3-9,12,14,21-22H,10-11H2,1-2H3,(H,23,24). The lowest BCUT2D eigenvalue weighted by Gasteiger charge is -2.18. The maximum Gasteiger partial charge on any atom is 0.337 e. The lowest BCUT2D eigenvalue weighted by Crippen LogP contribution is -2.13. The molecule has 0 aliphatic heterocycles. The summed E-state index contributed by atoms with van der Waals surface area (Å²) in [6, 6.07) is 13.6. The molecule has 0 bridgehead atoms. The molecule has 0 aliphatic carbocycles. The molecule has 130 valence electrons. The van der Waals surface area contributed by atoms with E-state index in [-0.39, 0.29) is 11.5 Å². The predicted molar refractivity (Wildman–Crippen MR) is 98.6 cm³/mol. The van der Waals surface area contributed by atoms with Crippen molar-refractivity contribution < 1.29 is 14.6 Å². The van der Waals surface area contributed by atoms with Crippen molar-refractivity contribution in [2.75, 3.05) is 20.7 Å². The van der Waals surface area contributed by atoms with Gasteiger partial charge in [0.15, 0.2) is 0 Å². The molecule has 1 heterocycles. The Morgan fingerprint density at radius 3 is 2.64 bits per heavy atom. The minimum absolute atomic E-state index is 0.139. The summed E-state index contributed by atoms with van der Waals surface area (Å²) < 4.78 is 5.52. The van der Waals surface area contributed by atoms with E-state index in [1.807, 2.05) is 31.4 Å². The summed E-state index contributed by atoms with van der Waals surface area (Å²) in [5.74, 6) is -0.130. The molecule has 5 heteroatoms. The number of carboxylic acid groups (broad SMARTS) is 1. The number of rotatable bonds is 7. The number of carboxylic acids is 1. The number of H-pyrrole nitrogens is 1. The van der Waals surface area contributed by atoms with Gasteiger partial charge in [-0.25, -0.2) is 4.79 Å². The molecule has 25 heavy (non-hydrogen) atoms. The lowest BCUT2D eigenvalue weighted by atomic mass is 9.87. The SMILES string of the molecule is CNCCC(c1ccccc1)c1c[nH]c2c(C(=O)O)ccc(OC)c12. The highest BCUT2D eigenvalue weighted by Crippen LogP contribution is 2.38. The first-order chi connectivity index (χ1) is 12.2. The molecule has 0 saturated heterocycles. The number of ether oxygens (including phenoxy) is 1. The zero-order valence-corrected chi connectivity index (χ0v) is 14.4. The van der Waals surface area contributed by atoms with Crippen LogP contribution in [0.1, 0.15) is 33.8 Å². The van der Waals surface area contributed by atoms with Crippen molar-refractivity contribution in [2.45, 2.75) is 12.3 Å². The van der Waals surface area contributed by atoms with Crippen LogP contribution in [0.3, 0.4) is 0 Å². The second-order valence-corrected chi connectivity index (χ2v) is 5.97. The Morgan fingerprint density at radius 1 is 1.24 bits per heavy atom. The average molecular weight is 338 g/mol. The van der Waals surface area contributed by atoms with Crippen molar-refractivity contribution in [1.82, 2.24) is 10.3 Å². The topological polar surface area (TPSA) is 74.4 Å². The van der Waals surface area contributed by atoms with Gasteiger partial charge in [-0.2, -0.15) is 0 Å². The van der Waals surface area contributed by atoms with Gasteiger partial charge in [-0.1, -0.05) is 30.3 Å². The Hall–Kier alpha value is -2.79. The first kappa shape index (κ1) is 17.0. The van der Waals surface area contributed by atoms with Gasteiger partial charge in [-0.15, -0.1) is 0 Å². The molecule has 0 aliphatic rings. The Labute approximate surface area is 146 Å². The van der Waals surface area contributed by atoms with E-state index in [1.54, 1.807) is 19.2 Å². The normalized spacial score (nSPS) is 12.2. The fourth-order valence-corrected chi connectivity index (χ4v) is 3.34. The third-order valence-corrected chi connectivity index (χ3v) is 4.54. The number of benzene rings is 2. The third kappa shape index (κ3) is 3.23. The van der Waals surface area contributed by atoms with Crippen LogP contribution in [0.5, 0.6) is 5.75 Å². The van der Waals surface area contributed by atoms with E-state index >= 15 is 0 Å². The van der Waals surface area contributed by atoms with Crippen LogP contribution >= 0.6 is 0 Å². The van der Waals surface area contributed by atoms with Gasteiger partial charge < -0.3 is 20.1 Å². The number of nitrogens with one attached hydrogen (secondary N) is 2. The third-order valence-electron chi connectivity index (χ3n) is 4.54. The molecule has 0 radical (unpaired) electrons. The molecule has 0 spiro atoms. The summed E-state index contributed by atoms with van der Waals surface area (Å²) in [5, 5.41) is 13.5. The van der Waals surface area contributed by atoms with Crippen LogP contribution in [-0.2, 0) is 0 Å². The van der Waals surface area contributed by atoms with Crippen LogP contribution in [-0.4, -0.2) is 36.8 Å². The monoisotopic (exact) mass is 338 g/mol. The van der Waals surface area contributed by atoms with E-state index in [1.165, 1.54) is 5.56 Å². The summed E-state index contributed by atoms with van der Waals surface area (Å²) in [6.45, 7) is 0.854. The van der Waals surface area contributed by atoms with Gasteiger partial charge in [0.2, 0.25) is 0 Å². The molecule has 3 aromatic rings. The minimum Gasteiger partial charge on any atom is -0.496 e. The van der Waals surface area contributed by atoms with Crippen molar-refractivity contribution in [3.05, 3.63) is 65.4 Å². The molecule has 1 aromatic heterocycles. The van der Waals surface area contributed by atoms with Crippen LogP contribution in [0.4, 0.5) is 0 Å². The van der Waals surface area contributed by atoms with Gasteiger partial charge in [0.25, 0.3) is 0 Å². The first-order valence-corrected chi connectivity index (χ1v) is 8.28. The number of aromatic amines is 1. The van der Waals surface area contributed by atoms with Crippen LogP contribution < -0.4 is 10.1 Å². The number of aromatic carboxylic acids is 1. The lowest BCUT2D eigenvalue weighted by molar-refractivity contribution is 0.0699. The number of fused-ring (bicyclic) bond motifs is 1. The molecule has 0 saturated carbocycles. The Kier molecular flexibility index (Phi) is 5.05. The highest BCUT2D eigenvalue weighted by Gasteiger charge is 2.22. The highest BCUT2D eigenvalue weighted by atomic mass is 16.5. The van der Waals surface area contributed by atoms with Gasteiger partial charge in [0, 0.05) is 17.5 Å². The summed E-state index contributed by atoms with van der Waals surface area (Å²) in [5.41, 5.74) is 3.10. The van der Waals surface area contributed by atoms with E-state index in [9.17, 15) is 9.90 Å². The number of carbonyl (C=O) groups is 1. The first-order valence-electron chi connectivity index (χ1n) is 8.28. The van der Waals surface area contributed by atoms with E-state index < -0.39 is 5.97 Å². The van der Waals surface area contributed by atoms with E-state index in [2.05, 4.69) is 22.4 Å². The molecule has 3 rings (SSSR count). The van der Waals surface area contributed by atoms with Crippen LogP contribution in [0.15, 0.2) is 48.7 Å². The second kappa shape index (κ2) is 7.40. The molecule has 1 atom stereocenters. The van der Waals surface area contributed by atoms with E-state index in [0.29, 0.717) is 11.3 Å². The quantitative estimate of drug-likeness (QED) is 0.615. The molecule has 0 amide bonds. The summed E-state index contributed by atoms with van der Waals surface area (Å²) in [6.07, 6.45) is 2.81. The van der Waals surface area contributed by atoms with Crippen LogP contribution in [0, 0.1) is 0 Å². The number of methoxy groups -OCH3 is 1. The van der Waals surface area contributed by atoms with Crippen LogP contribution in [0.2, 0.25) is 0 Å². The molecule has 0 fully saturated rings. The van der Waals surface area contributed by atoms with Crippen molar-refractivity contribution in [3.8, 4) is 5.75 Å². The summed E-state index contributed by atoms with van der Waals surface area (Å²) in [4.78, 5) is 14.7. The zero-order valence-electron chi connectivity index (χ0n) is 14.4. The molecule has 5 nitrogen and oxygen atoms in total. The van der Waals surface area contributed by atoms with Gasteiger partial charge >= 0.3 is 5.97 Å². The summed E-state index contributed by atoms with van der Waals surface area (Å²) >= 11 is 0. The van der Waals surface area contributed by atoms with Crippen LogP contribution in [0.25, 0.3) is 10.9 Å². The fraction of sp³-hybridized carbons (Fsp3) is 0.250. The van der Waals surface area contributed by atoms with Gasteiger partial charge in [0.05, 0.1) is 18.2 Å². The minimum atomic E-state index is -0.951. The molecule has 3 N–H and O–H groups in total. The Morgan fingerprint density at radius 2 is 2.00 bits per heavy atom.